The predicted octanol–water partition coefficient (Wildman–Crippen LogP) is 2.66. The molecule has 0 bridgehead atoms. The van der Waals surface area contributed by atoms with Gasteiger partial charge in [0, 0.05) is 0 Å². The number of benzene rings is 1. The quantitative estimate of drug-likeness (QED) is 0.579. The van der Waals surface area contributed by atoms with E-state index in [2.05, 4.69) is 0 Å². The van der Waals surface area contributed by atoms with Crippen molar-refractivity contribution in [3.8, 4) is 11.5 Å². The summed E-state index contributed by atoms with van der Waals surface area (Å²) in [5.41, 5.74) is 3.09. The van der Waals surface area contributed by atoms with E-state index in [-0.39, 0.29) is 6.79 Å². The van der Waals surface area contributed by atoms with Crippen LogP contribution < -0.4 is 9.47 Å². The Morgan fingerprint density at radius 3 is 2.72 bits per heavy atom. The Kier molecular flexibility index (Phi) is 2.48. The lowest BCUT2D eigenvalue weighted by Crippen LogP contribution is -2.07. The van der Waals surface area contributed by atoms with Crippen LogP contribution in [0, 0.1) is 0 Å². The molecule has 1 atom stereocenters. The molecule has 1 aliphatic carbocycles. The standard InChI is InChI=1S/C13H11ClO4/c1-6-7-3-9-10(18-5-17-9)4-8(7)12(14)11(6)13(15)16-2/h3-4,12H,5H2,1-2H3. The van der Waals surface area contributed by atoms with Gasteiger partial charge in [-0.05, 0) is 35.8 Å². The Balaban J connectivity index is 2.14. The second kappa shape index (κ2) is 3.92. The summed E-state index contributed by atoms with van der Waals surface area (Å²) in [7, 11) is 1.35. The van der Waals surface area contributed by atoms with Crippen LogP contribution in [0.25, 0.3) is 5.57 Å². The second-order valence-corrected chi connectivity index (χ2v) is 4.62. The Bertz CT molecular complexity index is 577. The van der Waals surface area contributed by atoms with Crippen molar-refractivity contribution < 1.29 is 19.0 Å². The van der Waals surface area contributed by atoms with Gasteiger partial charge in [0.05, 0.1) is 18.1 Å². The topological polar surface area (TPSA) is 44.8 Å². The van der Waals surface area contributed by atoms with E-state index in [0.717, 1.165) is 16.7 Å². The van der Waals surface area contributed by atoms with Gasteiger partial charge in [0.1, 0.15) is 0 Å². The number of ether oxygens (including phenoxy) is 3. The molecule has 1 heterocycles. The third kappa shape index (κ3) is 1.42. The summed E-state index contributed by atoms with van der Waals surface area (Å²) >= 11 is 6.32. The molecule has 0 aromatic heterocycles. The monoisotopic (exact) mass is 266 g/mol. The fraction of sp³-hybridized carbons (Fsp3) is 0.308. The van der Waals surface area contributed by atoms with Gasteiger partial charge in [0.15, 0.2) is 11.5 Å². The summed E-state index contributed by atoms with van der Waals surface area (Å²) in [5, 5.41) is -0.498. The highest BCUT2D eigenvalue weighted by Gasteiger charge is 2.34. The first kappa shape index (κ1) is 11.4. The molecule has 3 rings (SSSR count). The molecule has 0 spiro atoms. The van der Waals surface area contributed by atoms with Crippen LogP contribution in [0.4, 0.5) is 0 Å². The minimum absolute atomic E-state index is 0.220. The van der Waals surface area contributed by atoms with Crippen molar-refractivity contribution in [2.45, 2.75) is 12.3 Å². The number of alkyl halides is 1. The van der Waals surface area contributed by atoms with E-state index >= 15 is 0 Å². The van der Waals surface area contributed by atoms with Crippen molar-refractivity contribution in [3.63, 3.8) is 0 Å². The molecule has 18 heavy (non-hydrogen) atoms. The summed E-state index contributed by atoms with van der Waals surface area (Å²) < 4.78 is 15.4. The summed E-state index contributed by atoms with van der Waals surface area (Å²) in [6.45, 7) is 2.08. The number of hydrogen-bond donors (Lipinski definition) is 0. The third-order valence-corrected chi connectivity index (χ3v) is 3.74. The largest absolute Gasteiger partial charge is 0.466 e. The molecule has 0 saturated carbocycles. The molecular weight excluding hydrogens is 256 g/mol. The van der Waals surface area contributed by atoms with Gasteiger partial charge in [-0.1, -0.05) is 0 Å². The lowest BCUT2D eigenvalue weighted by Gasteiger charge is -2.07. The van der Waals surface area contributed by atoms with Gasteiger partial charge in [-0.3, -0.25) is 0 Å². The minimum atomic E-state index is -0.498. The molecule has 0 N–H and O–H groups in total. The zero-order chi connectivity index (χ0) is 12.9. The molecule has 1 unspecified atom stereocenters. The van der Waals surface area contributed by atoms with Crippen LogP contribution in [0.2, 0.25) is 0 Å². The first-order valence-electron chi connectivity index (χ1n) is 5.50. The van der Waals surface area contributed by atoms with Crippen LogP contribution in [0.3, 0.4) is 0 Å². The van der Waals surface area contributed by atoms with Crippen LogP contribution in [-0.2, 0) is 9.53 Å². The molecule has 1 aliphatic heterocycles. The Labute approximate surface area is 109 Å². The number of carbonyl (C=O) groups excluding carboxylic acids is 1. The van der Waals surface area contributed by atoms with Crippen molar-refractivity contribution in [1.82, 2.24) is 0 Å². The predicted molar refractivity (Wildman–Crippen MR) is 65.8 cm³/mol. The average Bonchev–Trinajstić information content (AvgIpc) is 2.91. The molecule has 0 fully saturated rings. The van der Waals surface area contributed by atoms with E-state index in [9.17, 15) is 4.79 Å². The number of methoxy groups -OCH3 is 1. The highest BCUT2D eigenvalue weighted by Crippen LogP contribution is 2.49. The number of fused-ring (bicyclic) bond motifs is 2. The third-order valence-electron chi connectivity index (χ3n) is 3.28. The van der Waals surface area contributed by atoms with Gasteiger partial charge >= 0.3 is 5.97 Å². The maximum absolute atomic E-state index is 11.7. The van der Waals surface area contributed by atoms with Crippen LogP contribution in [0.1, 0.15) is 23.4 Å². The molecule has 0 saturated heterocycles. The number of halogens is 1. The Hall–Kier alpha value is -1.68. The van der Waals surface area contributed by atoms with Crippen molar-refractivity contribution in [2.75, 3.05) is 13.9 Å². The zero-order valence-corrected chi connectivity index (χ0v) is 10.7. The molecule has 0 amide bonds. The fourth-order valence-corrected chi connectivity index (χ4v) is 2.78. The van der Waals surface area contributed by atoms with Gasteiger partial charge in [0.2, 0.25) is 6.79 Å². The van der Waals surface area contributed by atoms with E-state index in [1.54, 1.807) is 0 Å². The van der Waals surface area contributed by atoms with Crippen LogP contribution in [-0.4, -0.2) is 19.9 Å². The Morgan fingerprint density at radius 2 is 2.06 bits per heavy atom. The van der Waals surface area contributed by atoms with Crippen LogP contribution in [0.15, 0.2) is 17.7 Å². The average molecular weight is 267 g/mol. The molecular formula is C13H11ClO4. The van der Waals surface area contributed by atoms with E-state index in [0.29, 0.717) is 17.1 Å². The van der Waals surface area contributed by atoms with Gasteiger partial charge < -0.3 is 14.2 Å². The lowest BCUT2D eigenvalue weighted by molar-refractivity contribution is -0.136. The number of carbonyl (C=O) groups is 1. The Morgan fingerprint density at radius 1 is 1.39 bits per heavy atom. The van der Waals surface area contributed by atoms with Gasteiger partial charge in [0.25, 0.3) is 0 Å². The summed E-state index contributed by atoms with van der Waals surface area (Å²) in [5.74, 6) is 0.951. The smallest absolute Gasteiger partial charge is 0.335 e. The maximum Gasteiger partial charge on any atom is 0.335 e. The fourth-order valence-electron chi connectivity index (χ4n) is 2.35. The summed E-state index contributed by atoms with van der Waals surface area (Å²) in [6.07, 6.45) is 0. The maximum atomic E-state index is 11.7. The van der Waals surface area contributed by atoms with E-state index in [1.807, 2.05) is 19.1 Å². The highest BCUT2D eigenvalue weighted by atomic mass is 35.5. The van der Waals surface area contributed by atoms with E-state index in [1.165, 1.54) is 7.11 Å². The van der Waals surface area contributed by atoms with E-state index < -0.39 is 11.3 Å². The molecule has 0 radical (unpaired) electrons. The minimum Gasteiger partial charge on any atom is -0.466 e. The summed E-state index contributed by atoms with van der Waals surface area (Å²) in [4.78, 5) is 11.7. The lowest BCUT2D eigenvalue weighted by atomic mass is 10.1. The molecule has 94 valence electrons. The second-order valence-electron chi connectivity index (χ2n) is 4.19. The van der Waals surface area contributed by atoms with Gasteiger partial charge in [-0.25, -0.2) is 4.79 Å². The van der Waals surface area contributed by atoms with Crippen molar-refractivity contribution in [1.29, 1.82) is 0 Å². The summed E-state index contributed by atoms with van der Waals surface area (Å²) in [6, 6.07) is 3.69. The number of rotatable bonds is 1. The number of esters is 1. The molecule has 4 nitrogen and oxygen atoms in total. The normalized spacial score (nSPS) is 20.1. The molecule has 1 aromatic rings. The van der Waals surface area contributed by atoms with Crippen LogP contribution >= 0.6 is 11.6 Å². The van der Waals surface area contributed by atoms with Crippen molar-refractivity contribution in [3.05, 3.63) is 28.8 Å². The molecule has 5 heteroatoms. The van der Waals surface area contributed by atoms with E-state index in [4.69, 9.17) is 25.8 Å². The SMILES string of the molecule is COC(=O)C1=C(C)c2cc3c(cc2C1Cl)OCO3. The first-order chi connectivity index (χ1) is 8.63. The molecule has 1 aromatic carbocycles. The van der Waals surface area contributed by atoms with Crippen molar-refractivity contribution in [2.24, 2.45) is 0 Å². The number of allylic oxidation sites excluding steroid dienone is 1. The van der Waals surface area contributed by atoms with Crippen LogP contribution in [0.5, 0.6) is 11.5 Å². The van der Waals surface area contributed by atoms with Gasteiger partial charge in [-0.2, -0.15) is 0 Å². The number of hydrogen-bond acceptors (Lipinski definition) is 4. The highest BCUT2D eigenvalue weighted by molar-refractivity contribution is 6.28. The van der Waals surface area contributed by atoms with Gasteiger partial charge in [-0.15, -0.1) is 11.6 Å². The molecule has 2 aliphatic rings. The zero-order valence-electron chi connectivity index (χ0n) is 9.95. The van der Waals surface area contributed by atoms with Crippen molar-refractivity contribution >= 4 is 23.1 Å². The first-order valence-corrected chi connectivity index (χ1v) is 5.94.